The summed E-state index contributed by atoms with van der Waals surface area (Å²) < 4.78 is 46.2. The van der Waals surface area contributed by atoms with Gasteiger partial charge in [-0.2, -0.15) is 4.31 Å². The van der Waals surface area contributed by atoms with Gasteiger partial charge in [0.1, 0.15) is 16.5 Å². The summed E-state index contributed by atoms with van der Waals surface area (Å²) in [5.74, 6) is 0.543. The Labute approximate surface area is 183 Å². The third kappa shape index (κ3) is 5.41. The molecule has 1 aromatic carbocycles. The molecule has 0 aliphatic carbocycles. The number of hydrogen-bond acceptors (Lipinski definition) is 6. The Hall–Kier alpha value is -2.07. The maximum absolute atomic E-state index is 13.0. The van der Waals surface area contributed by atoms with Gasteiger partial charge in [0.2, 0.25) is 10.0 Å². The van der Waals surface area contributed by atoms with E-state index in [4.69, 9.17) is 4.74 Å². The van der Waals surface area contributed by atoms with Crippen LogP contribution < -0.4 is 4.90 Å². The summed E-state index contributed by atoms with van der Waals surface area (Å²) in [5.41, 5.74) is 0.961. The van der Waals surface area contributed by atoms with Crippen molar-refractivity contribution >= 4 is 15.8 Å². The van der Waals surface area contributed by atoms with Crippen molar-refractivity contribution in [3.8, 4) is 0 Å². The van der Waals surface area contributed by atoms with Gasteiger partial charge in [-0.1, -0.05) is 12.1 Å². The lowest BCUT2D eigenvalue weighted by molar-refractivity contribution is 0.0250. The van der Waals surface area contributed by atoms with Crippen LogP contribution in [0.1, 0.15) is 18.4 Å². The summed E-state index contributed by atoms with van der Waals surface area (Å²) in [6.45, 7) is 4.56. The van der Waals surface area contributed by atoms with Gasteiger partial charge in [-0.05, 0) is 49.7 Å². The van der Waals surface area contributed by atoms with Crippen molar-refractivity contribution in [2.75, 3.05) is 51.2 Å². The number of likely N-dealkylation sites (N-methyl/N-ethyl adjacent to an activating group) is 1. The van der Waals surface area contributed by atoms with Crippen molar-refractivity contribution in [1.29, 1.82) is 0 Å². The molecule has 0 atom stereocenters. The minimum atomic E-state index is -3.50. The smallest absolute Gasteiger partial charge is 0.244 e. The zero-order valence-electron chi connectivity index (χ0n) is 17.8. The molecule has 2 fully saturated rings. The van der Waals surface area contributed by atoms with E-state index >= 15 is 0 Å². The van der Waals surface area contributed by atoms with Gasteiger partial charge in [-0.25, -0.2) is 17.8 Å². The molecule has 7 nitrogen and oxygen atoms in total. The number of piperazine rings is 1. The first-order chi connectivity index (χ1) is 14.9. The molecule has 0 radical (unpaired) electrons. The third-order valence-electron chi connectivity index (χ3n) is 5.99. The van der Waals surface area contributed by atoms with E-state index in [-0.39, 0.29) is 16.8 Å². The molecule has 3 heterocycles. The van der Waals surface area contributed by atoms with Gasteiger partial charge in [-0.3, -0.25) is 0 Å². The summed E-state index contributed by atoms with van der Waals surface area (Å²) in [5, 5.41) is 0. The van der Waals surface area contributed by atoms with Gasteiger partial charge in [-0.15, -0.1) is 0 Å². The highest BCUT2D eigenvalue weighted by Gasteiger charge is 2.28. The lowest BCUT2D eigenvalue weighted by atomic mass is 10.1. The van der Waals surface area contributed by atoms with Crippen molar-refractivity contribution in [3.05, 3.63) is 54.0 Å². The molecule has 9 heteroatoms. The number of aromatic nitrogens is 1. The molecule has 0 amide bonds. The van der Waals surface area contributed by atoms with Crippen molar-refractivity contribution in [2.24, 2.45) is 0 Å². The van der Waals surface area contributed by atoms with Crippen LogP contribution in [0.4, 0.5) is 10.2 Å². The number of sulfonamides is 1. The Morgan fingerprint density at radius 1 is 1.00 bits per heavy atom. The number of rotatable bonds is 6. The molecule has 31 heavy (non-hydrogen) atoms. The number of ether oxygens (including phenoxy) is 1. The quantitative estimate of drug-likeness (QED) is 0.676. The minimum absolute atomic E-state index is 0.151. The number of halogens is 1. The summed E-state index contributed by atoms with van der Waals surface area (Å²) >= 11 is 0. The van der Waals surface area contributed by atoms with Crippen molar-refractivity contribution in [1.82, 2.24) is 14.2 Å². The van der Waals surface area contributed by atoms with E-state index in [0.717, 1.165) is 50.4 Å². The standard InChI is InChI=1S/C22H29FN4O3S/c1-25-12-14-27(15-13-25)31(28,29)21-6-7-22(24-16-21)26-10-8-20(9-11-26)30-17-18-2-4-19(23)5-3-18/h2-7,16,20H,8-15,17H2,1H3. The van der Waals surface area contributed by atoms with Gasteiger partial charge >= 0.3 is 0 Å². The van der Waals surface area contributed by atoms with Crippen LogP contribution in [-0.4, -0.2) is 75.0 Å². The van der Waals surface area contributed by atoms with E-state index in [9.17, 15) is 12.8 Å². The zero-order valence-corrected chi connectivity index (χ0v) is 18.6. The largest absolute Gasteiger partial charge is 0.373 e. The molecule has 2 aliphatic heterocycles. The number of piperidine rings is 1. The summed E-state index contributed by atoms with van der Waals surface area (Å²) in [6, 6.07) is 9.83. The first-order valence-electron chi connectivity index (χ1n) is 10.7. The van der Waals surface area contributed by atoms with Crippen LogP contribution in [0.15, 0.2) is 47.5 Å². The first-order valence-corrected chi connectivity index (χ1v) is 12.1. The fourth-order valence-electron chi connectivity index (χ4n) is 3.94. The molecule has 0 saturated carbocycles. The maximum Gasteiger partial charge on any atom is 0.244 e. The van der Waals surface area contributed by atoms with E-state index in [0.29, 0.717) is 19.7 Å². The molecule has 2 aliphatic rings. The second kappa shape index (κ2) is 9.60. The summed E-state index contributed by atoms with van der Waals surface area (Å²) in [4.78, 5) is 8.97. The first kappa shape index (κ1) is 22.1. The molecule has 1 aromatic heterocycles. The zero-order chi connectivity index (χ0) is 21.8. The molecule has 4 rings (SSSR count). The highest BCUT2D eigenvalue weighted by Crippen LogP contribution is 2.23. The van der Waals surface area contributed by atoms with Crippen LogP contribution in [0, 0.1) is 5.82 Å². The maximum atomic E-state index is 13.0. The summed E-state index contributed by atoms with van der Waals surface area (Å²) in [6.07, 6.45) is 3.35. The normalized spacial score (nSPS) is 19.6. The van der Waals surface area contributed by atoms with Crippen LogP contribution in [0.3, 0.4) is 0 Å². The van der Waals surface area contributed by atoms with Crippen LogP contribution >= 0.6 is 0 Å². The van der Waals surface area contributed by atoms with Crippen molar-refractivity contribution < 1.29 is 17.5 Å². The van der Waals surface area contributed by atoms with Crippen LogP contribution in [-0.2, 0) is 21.4 Å². The molecule has 0 unspecified atom stereocenters. The molecule has 0 bridgehead atoms. The topological polar surface area (TPSA) is 66.0 Å². The lowest BCUT2D eigenvalue weighted by Gasteiger charge is -2.33. The van der Waals surface area contributed by atoms with E-state index in [1.165, 1.54) is 22.6 Å². The predicted molar refractivity (Wildman–Crippen MR) is 117 cm³/mol. The minimum Gasteiger partial charge on any atom is -0.373 e. The highest BCUT2D eigenvalue weighted by atomic mass is 32.2. The molecular formula is C22H29FN4O3S. The fraction of sp³-hybridized carbons (Fsp3) is 0.500. The number of benzene rings is 1. The predicted octanol–water partition coefficient (Wildman–Crippen LogP) is 2.34. The SMILES string of the molecule is CN1CCN(S(=O)(=O)c2ccc(N3CCC(OCc4ccc(F)cc4)CC3)nc2)CC1. The van der Waals surface area contributed by atoms with Crippen LogP contribution in [0.2, 0.25) is 0 Å². The van der Waals surface area contributed by atoms with E-state index in [1.54, 1.807) is 24.3 Å². The van der Waals surface area contributed by atoms with Crippen LogP contribution in [0.25, 0.3) is 0 Å². The van der Waals surface area contributed by atoms with Crippen molar-refractivity contribution in [3.63, 3.8) is 0 Å². The Bertz CT molecular complexity index is 953. The fourth-order valence-corrected chi connectivity index (χ4v) is 5.30. The number of hydrogen-bond donors (Lipinski definition) is 0. The second-order valence-corrected chi connectivity index (χ2v) is 10.1. The van der Waals surface area contributed by atoms with Gasteiger partial charge in [0.25, 0.3) is 0 Å². The van der Waals surface area contributed by atoms with Crippen LogP contribution in [0.5, 0.6) is 0 Å². The lowest BCUT2D eigenvalue weighted by Crippen LogP contribution is -2.47. The van der Waals surface area contributed by atoms with E-state index in [2.05, 4.69) is 14.8 Å². The second-order valence-electron chi connectivity index (χ2n) is 8.18. The van der Waals surface area contributed by atoms with Gasteiger partial charge in [0.15, 0.2) is 0 Å². The molecule has 0 spiro atoms. The van der Waals surface area contributed by atoms with Gasteiger partial charge in [0.05, 0.1) is 12.7 Å². The Morgan fingerprint density at radius 2 is 1.68 bits per heavy atom. The molecule has 2 saturated heterocycles. The number of pyridine rings is 1. The highest BCUT2D eigenvalue weighted by molar-refractivity contribution is 7.89. The van der Waals surface area contributed by atoms with Gasteiger partial charge < -0.3 is 14.5 Å². The molecule has 2 aromatic rings. The van der Waals surface area contributed by atoms with Gasteiger partial charge in [0, 0.05) is 45.5 Å². The Kier molecular flexibility index (Phi) is 6.86. The number of nitrogens with zero attached hydrogens (tertiary/aromatic N) is 4. The average Bonchev–Trinajstić information content (AvgIpc) is 2.79. The Balaban J connectivity index is 1.29. The monoisotopic (exact) mass is 448 g/mol. The van der Waals surface area contributed by atoms with E-state index < -0.39 is 10.0 Å². The molecule has 0 N–H and O–H groups in total. The molecule has 168 valence electrons. The van der Waals surface area contributed by atoms with Crippen molar-refractivity contribution in [2.45, 2.75) is 30.4 Å². The summed E-state index contributed by atoms with van der Waals surface area (Å²) in [7, 11) is -1.50. The van der Waals surface area contributed by atoms with E-state index in [1.807, 2.05) is 7.05 Å². The number of anilines is 1. The molecular weight excluding hydrogens is 419 g/mol. The Morgan fingerprint density at radius 3 is 2.29 bits per heavy atom. The average molecular weight is 449 g/mol. The third-order valence-corrected chi connectivity index (χ3v) is 7.87.